The number of carbonyl (C=O) groups excluding carboxylic acids is 3. The average molecular weight is 552 g/mol. The lowest BCUT2D eigenvalue weighted by Crippen LogP contribution is -2.58. The van der Waals surface area contributed by atoms with E-state index in [0.29, 0.717) is 32.8 Å². The molecule has 3 unspecified atom stereocenters. The second kappa shape index (κ2) is 13.2. The number of hydrogen-bond donors (Lipinski definition) is 1. The Bertz CT molecular complexity index is 868. The molecule has 0 aromatic heterocycles. The Labute approximate surface area is 231 Å². The summed E-state index contributed by atoms with van der Waals surface area (Å²) < 4.78 is 10.3. The molecule has 6 atom stereocenters. The number of nitrogens with zero attached hydrogens (tertiary/aromatic N) is 3. The van der Waals surface area contributed by atoms with Crippen LogP contribution in [0.25, 0.3) is 0 Å². The van der Waals surface area contributed by atoms with Gasteiger partial charge in [0.25, 0.3) is 0 Å². The maximum atomic E-state index is 14.5. The Morgan fingerprint density at radius 1 is 1.24 bits per heavy atom. The quantitative estimate of drug-likeness (QED) is 0.198. The molecule has 10 heteroatoms. The normalized spacial score (nSPS) is 32.4. The molecule has 9 nitrogen and oxygen atoms in total. The average Bonchev–Trinajstić information content (AvgIpc) is 3.50. The molecule has 214 valence electrons. The monoisotopic (exact) mass is 551 g/mol. The minimum Gasteiger partial charge on any atom is -0.466 e. The predicted octanol–water partition coefficient (Wildman–Crippen LogP) is 1.79. The van der Waals surface area contributed by atoms with E-state index in [-0.39, 0.29) is 42.2 Å². The fraction of sp³-hybridized carbons (Fsp3) is 0.821. The Balaban J connectivity index is 1.61. The van der Waals surface area contributed by atoms with Crippen molar-refractivity contribution in [2.75, 3.05) is 65.7 Å². The second-order valence-electron chi connectivity index (χ2n) is 11.0. The van der Waals surface area contributed by atoms with E-state index in [1.165, 1.54) is 0 Å². The summed E-state index contributed by atoms with van der Waals surface area (Å²) in [5, 5.41) is 9.15. The van der Waals surface area contributed by atoms with Crippen molar-refractivity contribution in [2.45, 2.75) is 62.0 Å². The molecule has 1 N–H and O–H groups in total. The lowest BCUT2D eigenvalue weighted by atomic mass is 9.66. The molecule has 1 spiro atoms. The van der Waals surface area contributed by atoms with Crippen molar-refractivity contribution in [1.29, 1.82) is 0 Å². The highest BCUT2D eigenvalue weighted by Gasteiger charge is 2.76. The minimum absolute atomic E-state index is 0.00112. The topological polar surface area (TPSA) is 99.6 Å². The van der Waals surface area contributed by atoms with E-state index >= 15 is 0 Å². The fourth-order valence-electron chi connectivity index (χ4n) is 7.00. The van der Waals surface area contributed by atoms with Gasteiger partial charge in [0.15, 0.2) is 0 Å². The van der Waals surface area contributed by atoms with Crippen LogP contribution in [0.2, 0.25) is 0 Å². The lowest BCUT2D eigenvalue weighted by molar-refractivity contribution is -0.154. The van der Waals surface area contributed by atoms with Gasteiger partial charge in [-0.05, 0) is 32.1 Å². The number of esters is 1. The number of aliphatic hydroxyl groups excluding tert-OH is 1. The summed E-state index contributed by atoms with van der Waals surface area (Å²) in [4.78, 5) is 47.6. The molecule has 2 bridgehead atoms. The zero-order valence-corrected chi connectivity index (χ0v) is 23.8. The molecule has 4 rings (SSSR count). The smallest absolute Gasteiger partial charge is 0.310 e. The molecule has 0 aromatic rings. The van der Waals surface area contributed by atoms with E-state index in [9.17, 15) is 14.4 Å². The Morgan fingerprint density at radius 2 is 1.97 bits per heavy atom. The number of hydrogen-bond acceptors (Lipinski definition) is 8. The van der Waals surface area contributed by atoms with E-state index in [2.05, 4.69) is 18.4 Å². The van der Waals surface area contributed by atoms with E-state index in [1.807, 2.05) is 4.90 Å². The van der Waals surface area contributed by atoms with Crippen molar-refractivity contribution in [2.24, 2.45) is 17.8 Å². The van der Waals surface area contributed by atoms with Gasteiger partial charge in [-0.1, -0.05) is 25.8 Å². The zero-order chi connectivity index (χ0) is 27.3. The first-order valence-electron chi connectivity index (χ1n) is 14.4. The van der Waals surface area contributed by atoms with Gasteiger partial charge < -0.3 is 24.4 Å². The number of amides is 2. The number of rotatable bonds is 14. The largest absolute Gasteiger partial charge is 0.466 e. The number of unbranched alkanes of at least 4 members (excludes halogenated alkanes) is 3. The molecule has 0 radical (unpaired) electrons. The number of thioether (sulfide) groups is 1. The molecule has 2 amide bonds. The third-order valence-electron chi connectivity index (χ3n) is 8.80. The molecule has 0 aromatic carbocycles. The van der Waals surface area contributed by atoms with Gasteiger partial charge in [0, 0.05) is 51.1 Å². The molecule has 0 aliphatic carbocycles. The standard InChI is InChI=1S/C28H45N3O6S/c1-4-10-30(13-12-29-14-17-36-18-15-29)26(34)24-28-20(3)19-21(38-28)22(27(35)37-5-2)23(28)25(33)31(24)11-8-6-7-9-16-32/h4,20-24,32H,1,5-19H2,2-3H3/t20?,21-,22+,23+,24?,28?/m1/s1. The molecule has 4 saturated heterocycles. The minimum atomic E-state index is -0.625. The van der Waals surface area contributed by atoms with Crippen LogP contribution in [0.4, 0.5) is 0 Å². The van der Waals surface area contributed by atoms with Crippen molar-refractivity contribution in [3.05, 3.63) is 12.7 Å². The zero-order valence-electron chi connectivity index (χ0n) is 23.0. The number of ether oxygens (including phenoxy) is 2. The van der Waals surface area contributed by atoms with Crippen LogP contribution >= 0.6 is 11.8 Å². The molecular weight excluding hydrogens is 506 g/mol. The lowest BCUT2D eigenvalue weighted by Gasteiger charge is -2.41. The van der Waals surface area contributed by atoms with Crippen molar-refractivity contribution in [3.8, 4) is 0 Å². The number of morpholine rings is 1. The van der Waals surface area contributed by atoms with Gasteiger partial charge >= 0.3 is 5.97 Å². The summed E-state index contributed by atoms with van der Waals surface area (Å²) in [7, 11) is 0. The predicted molar refractivity (Wildman–Crippen MR) is 147 cm³/mol. The Morgan fingerprint density at radius 3 is 2.66 bits per heavy atom. The van der Waals surface area contributed by atoms with E-state index in [0.717, 1.165) is 51.7 Å². The van der Waals surface area contributed by atoms with Crippen LogP contribution in [0.15, 0.2) is 12.7 Å². The van der Waals surface area contributed by atoms with Gasteiger partial charge in [-0.2, -0.15) is 0 Å². The van der Waals surface area contributed by atoms with Gasteiger partial charge in [0.05, 0.1) is 36.4 Å². The molecule has 4 aliphatic heterocycles. The number of fused-ring (bicyclic) bond motifs is 1. The van der Waals surface area contributed by atoms with Crippen molar-refractivity contribution < 1.29 is 29.0 Å². The van der Waals surface area contributed by atoms with Crippen LogP contribution in [0.5, 0.6) is 0 Å². The van der Waals surface area contributed by atoms with E-state index in [4.69, 9.17) is 14.6 Å². The Kier molecular flexibility index (Phi) is 10.2. The third-order valence-corrected chi connectivity index (χ3v) is 10.9. The first-order chi connectivity index (χ1) is 18.4. The van der Waals surface area contributed by atoms with Gasteiger partial charge in [0.2, 0.25) is 11.8 Å². The first-order valence-corrected chi connectivity index (χ1v) is 15.2. The highest BCUT2D eigenvalue weighted by atomic mass is 32.2. The third kappa shape index (κ3) is 5.51. The van der Waals surface area contributed by atoms with Crippen LogP contribution < -0.4 is 0 Å². The second-order valence-corrected chi connectivity index (χ2v) is 12.5. The highest BCUT2D eigenvalue weighted by molar-refractivity contribution is 8.02. The van der Waals surface area contributed by atoms with Crippen LogP contribution in [0, 0.1) is 17.8 Å². The summed E-state index contributed by atoms with van der Waals surface area (Å²) >= 11 is 1.70. The maximum Gasteiger partial charge on any atom is 0.310 e. The van der Waals surface area contributed by atoms with Crippen LogP contribution in [0.1, 0.15) is 46.0 Å². The fourth-order valence-corrected chi connectivity index (χ4v) is 9.40. The first kappa shape index (κ1) is 29.4. The SMILES string of the molecule is C=CCN(CCN1CCOCC1)C(=O)C1N(CCCCCCO)C(=O)[C@@H]2[C@@H](C(=O)OCC)[C@H]3CC(C)C12S3. The van der Waals surface area contributed by atoms with E-state index < -0.39 is 22.6 Å². The van der Waals surface area contributed by atoms with Gasteiger partial charge in [0.1, 0.15) is 6.04 Å². The highest BCUT2D eigenvalue weighted by Crippen LogP contribution is 2.68. The molecule has 0 saturated carbocycles. The number of carbonyl (C=O) groups is 3. The van der Waals surface area contributed by atoms with Crippen molar-refractivity contribution >= 4 is 29.5 Å². The summed E-state index contributed by atoms with van der Waals surface area (Å²) in [5.74, 6) is -1.31. The van der Waals surface area contributed by atoms with Gasteiger partial charge in [-0.15, -0.1) is 18.3 Å². The van der Waals surface area contributed by atoms with E-state index in [1.54, 1.807) is 29.7 Å². The molecule has 4 aliphatic rings. The van der Waals surface area contributed by atoms with Gasteiger partial charge in [-0.25, -0.2) is 0 Å². The summed E-state index contributed by atoms with van der Waals surface area (Å²) in [6, 6.07) is -0.605. The van der Waals surface area contributed by atoms with Crippen LogP contribution in [-0.4, -0.2) is 119 Å². The van der Waals surface area contributed by atoms with Crippen LogP contribution in [0.3, 0.4) is 0 Å². The van der Waals surface area contributed by atoms with Crippen LogP contribution in [-0.2, 0) is 23.9 Å². The Hall–Kier alpha value is -1.62. The van der Waals surface area contributed by atoms with Crippen molar-refractivity contribution in [1.82, 2.24) is 14.7 Å². The number of aliphatic hydroxyl groups is 1. The molecular formula is C28H45N3O6S. The van der Waals surface area contributed by atoms with Crippen molar-refractivity contribution in [3.63, 3.8) is 0 Å². The molecule has 38 heavy (non-hydrogen) atoms. The molecule has 4 heterocycles. The maximum absolute atomic E-state index is 14.5. The molecule has 4 fully saturated rings. The summed E-state index contributed by atoms with van der Waals surface area (Å²) in [6.07, 6.45) is 5.82. The summed E-state index contributed by atoms with van der Waals surface area (Å²) in [6.45, 7) is 13.6. The summed E-state index contributed by atoms with van der Waals surface area (Å²) in [5.41, 5.74) is 0. The van der Waals surface area contributed by atoms with Gasteiger partial charge in [-0.3, -0.25) is 19.3 Å². The number of likely N-dealkylation sites (tertiary alicyclic amines) is 1.